The van der Waals surface area contributed by atoms with E-state index in [1.807, 2.05) is 21.0 Å². The molecule has 0 aliphatic heterocycles. The third-order valence-corrected chi connectivity index (χ3v) is 3.36. The number of aromatic nitrogens is 2. The van der Waals surface area contributed by atoms with Crippen LogP contribution < -0.4 is 10.6 Å². The molecule has 0 radical (unpaired) electrons. The van der Waals surface area contributed by atoms with E-state index in [-0.39, 0.29) is 5.84 Å². The van der Waals surface area contributed by atoms with Crippen LogP contribution >= 0.6 is 0 Å². The zero-order valence-electron chi connectivity index (χ0n) is 12.7. The first kappa shape index (κ1) is 15.3. The predicted octanol–water partition coefficient (Wildman–Crippen LogP) is 1.69. The second-order valence-electron chi connectivity index (χ2n) is 5.48. The van der Waals surface area contributed by atoms with Crippen molar-refractivity contribution in [2.24, 2.45) is 23.9 Å². The van der Waals surface area contributed by atoms with Crippen molar-refractivity contribution in [2.45, 2.75) is 40.2 Å². The van der Waals surface area contributed by atoms with Crippen LogP contribution in [-0.2, 0) is 7.05 Å². The second kappa shape index (κ2) is 5.95. The van der Waals surface area contributed by atoms with Gasteiger partial charge in [-0.05, 0) is 26.2 Å². The Labute approximate surface area is 114 Å². The number of anilines is 1. The summed E-state index contributed by atoms with van der Waals surface area (Å²) >= 11 is 0. The van der Waals surface area contributed by atoms with Crippen LogP contribution in [0.15, 0.2) is 5.16 Å². The lowest BCUT2D eigenvalue weighted by Gasteiger charge is -2.29. The summed E-state index contributed by atoms with van der Waals surface area (Å²) in [7, 11) is 3.88. The average molecular weight is 267 g/mol. The van der Waals surface area contributed by atoms with Crippen molar-refractivity contribution in [3.05, 3.63) is 11.3 Å². The second-order valence-corrected chi connectivity index (χ2v) is 5.48. The summed E-state index contributed by atoms with van der Waals surface area (Å²) in [5, 5.41) is 16.4. The van der Waals surface area contributed by atoms with Gasteiger partial charge in [0.1, 0.15) is 5.82 Å². The highest BCUT2D eigenvalue weighted by Crippen LogP contribution is 2.25. The third kappa shape index (κ3) is 3.19. The Kier molecular flexibility index (Phi) is 4.80. The van der Waals surface area contributed by atoms with Crippen LogP contribution in [0.4, 0.5) is 5.82 Å². The maximum absolute atomic E-state index is 8.92. The molecule has 0 saturated heterocycles. The van der Waals surface area contributed by atoms with Gasteiger partial charge in [0.25, 0.3) is 0 Å². The molecule has 0 fully saturated rings. The van der Waals surface area contributed by atoms with E-state index in [0.717, 1.165) is 17.9 Å². The van der Waals surface area contributed by atoms with Gasteiger partial charge in [-0.3, -0.25) is 4.68 Å². The lowest BCUT2D eigenvalue weighted by atomic mass is 10.0. The van der Waals surface area contributed by atoms with Gasteiger partial charge in [-0.1, -0.05) is 19.0 Å². The third-order valence-electron chi connectivity index (χ3n) is 3.36. The van der Waals surface area contributed by atoms with E-state index < -0.39 is 0 Å². The van der Waals surface area contributed by atoms with Crippen LogP contribution in [0.5, 0.6) is 0 Å². The van der Waals surface area contributed by atoms with Crippen molar-refractivity contribution in [1.82, 2.24) is 9.78 Å². The summed E-state index contributed by atoms with van der Waals surface area (Å²) in [6, 6.07) is 0.347. The van der Waals surface area contributed by atoms with E-state index in [1.54, 1.807) is 4.68 Å². The number of amidine groups is 1. The highest BCUT2D eigenvalue weighted by molar-refractivity contribution is 6.02. The van der Waals surface area contributed by atoms with Gasteiger partial charge in [0.15, 0.2) is 5.84 Å². The molecule has 6 nitrogen and oxygen atoms in total. The fourth-order valence-corrected chi connectivity index (χ4v) is 2.45. The van der Waals surface area contributed by atoms with Gasteiger partial charge < -0.3 is 15.8 Å². The Hall–Kier alpha value is -1.72. The molecule has 6 heteroatoms. The van der Waals surface area contributed by atoms with Gasteiger partial charge in [-0.15, -0.1) is 0 Å². The molecule has 0 saturated carbocycles. The summed E-state index contributed by atoms with van der Waals surface area (Å²) in [5.41, 5.74) is 7.23. The summed E-state index contributed by atoms with van der Waals surface area (Å²) in [5.74, 6) is 1.59. The number of nitrogens with zero attached hydrogens (tertiary/aromatic N) is 4. The molecule has 0 aliphatic carbocycles. The average Bonchev–Trinajstić information content (AvgIpc) is 2.61. The molecule has 1 rings (SSSR count). The van der Waals surface area contributed by atoms with Crippen molar-refractivity contribution < 1.29 is 5.21 Å². The molecule has 1 heterocycles. The van der Waals surface area contributed by atoms with Crippen LogP contribution in [0.3, 0.4) is 0 Å². The van der Waals surface area contributed by atoms with Gasteiger partial charge in [-0.25, -0.2) is 0 Å². The fourth-order valence-electron chi connectivity index (χ4n) is 2.45. The van der Waals surface area contributed by atoms with E-state index in [1.165, 1.54) is 0 Å². The van der Waals surface area contributed by atoms with Crippen LogP contribution in [0.25, 0.3) is 0 Å². The quantitative estimate of drug-likeness (QED) is 0.368. The van der Waals surface area contributed by atoms with Gasteiger partial charge in [0, 0.05) is 20.1 Å². The highest BCUT2D eigenvalue weighted by atomic mass is 16.4. The van der Waals surface area contributed by atoms with E-state index in [2.05, 4.69) is 35.9 Å². The molecule has 108 valence electrons. The number of rotatable bonds is 5. The molecule has 0 aliphatic rings. The number of hydrogen-bond donors (Lipinski definition) is 2. The number of nitrogens with two attached hydrogens (primary N) is 1. The first-order chi connectivity index (χ1) is 8.79. The normalized spacial score (nSPS) is 13.9. The summed E-state index contributed by atoms with van der Waals surface area (Å²) in [6.45, 7) is 8.42. The molecule has 19 heavy (non-hydrogen) atoms. The van der Waals surface area contributed by atoms with Crippen LogP contribution in [0.1, 0.15) is 38.4 Å². The molecule has 0 amide bonds. The van der Waals surface area contributed by atoms with Crippen molar-refractivity contribution in [2.75, 3.05) is 11.9 Å². The number of oxime groups is 1. The monoisotopic (exact) mass is 267 g/mol. The Bertz CT molecular complexity index is 464. The number of aryl methyl sites for hydroxylation is 2. The van der Waals surface area contributed by atoms with Crippen molar-refractivity contribution in [3.63, 3.8) is 0 Å². The lowest BCUT2D eigenvalue weighted by Crippen LogP contribution is -2.33. The molecule has 0 aromatic carbocycles. The minimum atomic E-state index is 0.101. The van der Waals surface area contributed by atoms with Gasteiger partial charge >= 0.3 is 0 Å². The Morgan fingerprint density at radius 2 is 2.05 bits per heavy atom. The molecule has 0 bridgehead atoms. The summed E-state index contributed by atoms with van der Waals surface area (Å²) in [6.07, 6.45) is 1.07. The molecule has 1 aromatic heterocycles. The predicted molar refractivity (Wildman–Crippen MR) is 77.8 cm³/mol. The van der Waals surface area contributed by atoms with Crippen LogP contribution in [0, 0.1) is 12.8 Å². The number of hydrogen-bond acceptors (Lipinski definition) is 4. The zero-order chi connectivity index (χ0) is 14.7. The van der Waals surface area contributed by atoms with E-state index >= 15 is 0 Å². The van der Waals surface area contributed by atoms with Gasteiger partial charge in [-0.2, -0.15) is 5.10 Å². The maximum Gasteiger partial charge on any atom is 0.175 e. The molecule has 1 atom stereocenters. The minimum Gasteiger partial charge on any atom is -0.409 e. The molecular formula is C13H25N5O. The van der Waals surface area contributed by atoms with Crippen molar-refractivity contribution >= 4 is 11.7 Å². The largest absolute Gasteiger partial charge is 0.409 e. The zero-order valence-corrected chi connectivity index (χ0v) is 12.7. The SMILES string of the molecule is Cc1nn(C)c(N(C)C(C)CC(C)C)c1C(N)=NO. The van der Waals surface area contributed by atoms with Crippen LogP contribution in [-0.4, -0.2) is 33.9 Å². The fraction of sp³-hybridized carbons (Fsp3) is 0.692. The van der Waals surface area contributed by atoms with Crippen molar-refractivity contribution in [3.8, 4) is 0 Å². The molecule has 0 spiro atoms. The molecule has 1 unspecified atom stereocenters. The Balaban J connectivity index is 3.19. The standard InChI is InChI=1S/C13H25N5O/c1-8(2)7-9(3)17(5)13-11(12(14)16-19)10(4)15-18(13)6/h8-9,19H,7H2,1-6H3,(H2,14,16). The Morgan fingerprint density at radius 1 is 1.47 bits per heavy atom. The molecule has 3 N–H and O–H groups in total. The molecule has 1 aromatic rings. The maximum atomic E-state index is 8.92. The smallest absolute Gasteiger partial charge is 0.175 e. The van der Waals surface area contributed by atoms with E-state index in [9.17, 15) is 0 Å². The van der Waals surface area contributed by atoms with Gasteiger partial charge in [0.05, 0.1) is 11.3 Å². The first-order valence-corrected chi connectivity index (χ1v) is 6.53. The van der Waals surface area contributed by atoms with Crippen LogP contribution in [0.2, 0.25) is 0 Å². The van der Waals surface area contributed by atoms with Gasteiger partial charge in [0.2, 0.25) is 0 Å². The van der Waals surface area contributed by atoms with E-state index in [0.29, 0.717) is 17.5 Å². The lowest BCUT2D eigenvalue weighted by molar-refractivity contribution is 0.318. The minimum absolute atomic E-state index is 0.101. The Morgan fingerprint density at radius 3 is 2.53 bits per heavy atom. The highest BCUT2D eigenvalue weighted by Gasteiger charge is 2.23. The topological polar surface area (TPSA) is 79.7 Å². The molecular weight excluding hydrogens is 242 g/mol. The summed E-state index contributed by atoms with van der Waals surface area (Å²) in [4.78, 5) is 2.13. The summed E-state index contributed by atoms with van der Waals surface area (Å²) < 4.78 is 1.78. The van der Waals surface area contributed by atoms with E-state index in [4.69, 9.17) is 10.9 Å². The first-order valence-electron chi connectivity index (χ1n) is 6.53. The van der Waals surface area contributed by atoms with Crippen molar-refractivity contribution in [1.29, 1.82) is 0 Å².